The summed E-state index contributed by atoms with van der Waals surface area (Å²) in [5.41, 5.74) is 7.24. The van der Waals surface area contributed by atoms with E-state index in [0.29, 0.717) is 0 Å². The van der Waals surface area contributed by atoms with Crippen LogP contribution in [0.1, 0.15) is 31.1 Å². The Morgan fingerprint density at radius 1 is 1.28 bits per heavy atom. The van der Waals surface area contributed by atoms with Crippen LogP contribution >= 0.6 is 0 Å². The summed E-state index contributed by atoms with van der Waals surface area (Å²) in [5, 5.41) is 0. The highest BCUT2D eigenvalue weighted by atomic mass is 16.6. The normalized spacial score (nSPS) is 14.3. The lowest BCUT2D eigenvalue weighted by atomic mass is 9.93. The number of methoxy groups -OCH3 is 1. The number of primary amides is 1. The van der Waals surface area contributed by atoms with Crippen LogP contribution in [0, 0.1) is 12.8 Å². The molecular formula is C14H21NO3. The average Bonchev–Trinajstić information content (AvgIpc) is 2.30. The fraction of sp³-hybridized carbons (Fsp3) is 0.500. The summed E-state index contributed by atoms with van der Waals surface area (Å²) >= 11 is 0. The van der Waals surface area contributed by atoms with Gasteiger partial charge in [-0.3, -0.25) is 0 Å². The second-order valence-corrected chi connectivity index (χ2v) is 4.66. The first-order valence-corrected chi connectivity index (χ1v) is 6.01. The molecule has 0 heterocycles. The van der Waals surface area contributed by atoms with E-state index >= 15 is 0 Å². The molecule has 2 atom stereocenters. The van der Waals surface area contributed by atoms with Gasteiger partial charge in [0.1, 0.15) is 12.2 Å². The molecule has 1 aromatic carbocycles. The first-order chi connectivity index (χ1) is 8.47. The first-order valence-electron chi connectivity index (χ1n) is 6.01. The second kappa shape index (κ2) is 6.40. The van der Waals surface area contributed by atoms with Gasteiger partial charge in [0.05, 0.1) is 0 Å². The van der Waals surface area contributed by atoms with Crippen molar-refractivity contribution in [3.8, 4) is 0 Å². The van der Waals surface area contributed by atoms with Crippen molar-refractivity contribution >= 4 is 6.09 Å². The Hall–Kier alpha value is -1.55. The topological polar surface area (TPSA) is 61.6 Å². The number of ether oxygens (including phenoxy) is 2. The Morgan fingerprint density at radius 2 is 1.89 bits per heavy atom. The molecule has 1 rings (SSSR count). The lowest BCUT2D eigenvalue weighted by molar-refractivity contribution is -0.0427. The third-order valence-electron chi connectivity index (χ3n) is 2.96. The number of carbonyl (C=O) groups is 1. The Bertz CT molecular complexity index is 404. The third kappa shape index (κ3) is 3.47. The van der Waals surface area contributed by atoms with Gasteiger partial charge in [-0.05, 0) is 24.0 Å². The van der Waals surface area contributed by atoms with E-state index < -0.39 is 12.2 Å². The number of carbonyl (C=O) groups excluding carboxylic acids is 1. The molecule has 2 N–H and O–H groups in total. The van der Waals surface area contributed by atoms with Crippen molar-refractivity contribution < 1.29 is 14.3 Å². The zero-order valence-corrected chi connectivity index (χ0v) is 11.3. The van der Waals surface area contributed by atoms with Crippen molar-refractivity contribution in [2.75, 3.05) is 7.11 Å². The maximum absolute atomic E-state index is 11.0. The molecule has 0 bridgehead atoms. The molecule has 0 aromatic heterocycles. The van der Waals surface area contributed by atoms with Crippen molar-refractivity contribution in [3.63, 3.8) is 0 Å². The van der Waals surface area contributed by atoms with Gasteiger partial charge in [0.15, 0.2) is 0 Å². The van der Waals surface area contributed by atoms with E-state index in [9.17, 15) is 4.79 Å². The highest BCUT2D eigenvalue weighted by molar-refractivity contribution is 5.65. The highest BCUT2D eigenvalue weighted by Gasteiger charge is 2.29. The molecule has 0 aliphatic carbocycles. The second-order valence-electron chi connectivity index (χ2n) is 4.66. The number of nitrogens with two attached hydrogens (primary N) is 1. The molecule has 0 radical (unpaired) electrons. The molecule has 0 fully saturated rings. The van der Waals surface area contributed by atoms with E-state index in [0.717, 1.165) is 11.1 Å². The zero-order chi connectivity index (χ0) is 13.7. The van der Waals surface area contributed by atoms with Gasteiger partial charge in [0.2, 0.25) is 0 Å². The summed E-state index contributed by atoms with van der Waals surface area (Å²) < 4.78 is 10.7. The molecule has 4 nitrogen and oxygen atoms in total. The van der Waals surface area contributed by atoms with Gasteiger partial charge < -0.3 is 15.2 Å². The lowest BCUT2D eigenvalue weighted by Crippen LogP contribution is -2.33. The van der Waals surface area contributed by atoms with Crippen molar-refractivity contribution in [3.05, 3.63) is 35.4 Å². The summed E-state index contributed by atoms with van der Waals surface area (Å²) in [5.74, 6) is 0.113. The third-order valence-corrected chi connectivity index (χ3v) is 2.96. The molecule has 0 saturated carbocycles. The quantitative estimate of drug-likeness (QED) is 0.875. The van der Waals surface area contributed by atoms with Crippen LogP contribution in [0.2, 0.25) is 0 Å². The smallest absolute Gasteiger partial charge is 0.404 e. The molecule has 0 spiro atoms. The minimum Gasteiger partial charge on any atom is -0.443 e. The molecule has 4 heteroatoms. The number of rotatable bonds is 5. The van der Waals surface area contributed by atoms with Crippen LogP contribution in [0.15, 0.2) is 24.3 Å². The molecule has 0 aliphatic rings. The molecule has 0 aliphatic heterocycles. The molecule has 0 saturated heterocycles. The van der Waals surface area contributed by atoms with E-state index in [1.54, 1.807) is 7.11 Å². The van der Waals surface area contributed by atoms with Crippen LogP contribution in [0.25, 0.3) is 0 Å². The predicted octanol–water partition coefficient (Wildman–Crippen LogP) is 2.80. The predicted molar refractivity (Wildman–Crippen MR) is 70.2 cm³/mol. The molecular weight excluding hydrogens is 230 g/mol. The van der Waals surface area contributed by atoms with Crippen LogP contribution in [-0.2, 0) is 9.47 Å². The summed E-state index contributed by atoms with van der Waals surface area (Å²) in [6.45, 7) is 5.94. The zero-order valence-electron chi connectivity index (χ0n) is 11.3. The van der Waals surface area contributed by atoms with E-state index in [2.05, 4.69) is 0 Å². The molecule has 18 heavy (non-hydrogen) atoms. The largest absolute Gasteiger partial charge is 0.443 e. The van der Waals surface area contributed by atoms with E-state index in [4.69, 9.17) is 15.2 Å². The number of benzene rings is 1. The maximum atomic E-state index is 11.0. The van der Waals surface area contributed by atoms with Gasteiger partial charge in [-0.1, -0.05) is 38.1 Å². The van der Waals surface area contributed by atoms with Gasteiger partial charge in [0.25, 0.3) is 0 Å². The Kier molecular flexibility index (Phi) is 5.16. The SMILES string of the molecule is COC(c1ccccc1C)C(OC(N)=O)C(C)C. The van der Waals surface area contributed by atoms with Gasteiger partial charge in [0, 0.05) is 7.11 Å². The van der Waals surface area contributed by atoms with Crippen LogP contribution in [0.3, 0.4) is 0 Å². The summed E-state index contributed by atoms with van der Waals surface area (Å²) in [7, 11) is 1.61. The van der Waals surface area contributed by atoms with Gasteiger partial charge in [-0.15, -0.1) is 0 Å². The highest BCUT2D eigenvalue weighted by Crippen LogP contribution is 2.29. The maximum Gasteiger partial charge on any atom is 0.404 e. The van der Waals surface area contributed by atoms with Gasteiger partial charge in [-0.2, -0.15) is 0 Å². The van der Waals surface area contributed by atoms with Crippen molar-refractivity contribution in [2.24, 2.45) is 11.7 Å². The van der Waals surface area contributed by atoms with Crippen LogP contribution in [0.5, 0.6) is 0 Å². The summed E-state index contributed by atoms with van der Waals surface area (Å²) in [4.78, 5) is 11.0. The number of hydrogen-bond donors (Lipinski definition) is 1. The van der Waals surface area contributed by atoms with Gasteiger partial charge in [-0.25, -0.2) is 4.79 Å². The minimum absolute atomic E-state index is 0.113. The Balaban J connectivity index is 3.06. The monoisotopic (exact) mass is 251 g/mol. The Morgan fingerprint density at radius 3 is 2.33 bits per heavy atom. The fourth-order valence-electron chi connectivity index (χ4n) is 2.03. The van der Waals surface area contributed by atoms with Crippen molar-refractivity contribution in [2.45, 2.75) is 33.0 Å². The Labute approximate surface area is 108 Å². The van der Waals surface area contributed by atoms with Gasteiger partial charge >= 0.3 is 6.09 Å². The first kappa shape index (κ1) is 14.5. The van der Waals surface area contributed by atoms with E-state index in [1.165, 1.54) is 0 Å². The van der Waals surface area contributed by atoms with Crippen LogP contribution in [0.4, 0.5) is 4.79 Å². The molecule has 1 amide bonds. The molecule has 100 valence electrons. The van der Waals surface area contributed by atoms with Crippen molar-refractivity contribution in [1.82, 2.24) is 0 Å². The van der Waals surface area contributed by atoms with Crippen molar-refractivity contribution in [1.29, 1.82) is 0 Å². The fourth-order valence-corrected chi connectivity index (χ4v) is 2.03. The summed E-state index contributed by atoms with van der Waals surface area (Å²) in [6.07, 6.45) is -1.48. The number of amides is 1. The number of aryl methyl sites for hydroxylation is 1. The van der Waals surface area contributed by atoms with Crippen LogP contribution in [-0.4, -0.2) is 19.3 Å². The van der Waals surface area contributed by atoms with E-state index in [-0.39, 0.29) is 12.0 Å². The van der Waals surface area contributed by atoms with Crippen LogP contribution < -0.4 is 5.73 Å². The van der Waals surface area contributed by atoms with E-state index in [1.807, 2.05) is 45.0 Å². The minimum atomic E-state index is -0.774. The lowest BCUT2D eigenvalue weighted by Gasteiger charge is -2.29. The average molecular weight is 251 g/mol. The molecule has 2 unspecified atom stereocenters. The summed E-state index contributed by atoms with van der Waals surface area (Å²) in [6, 6.07) is 7.88. The molecule has 1 aromatic rings. The standard InChI is InChI=1S/C14H21NO3/c1-9(2)12(18-14(15)16)13(17-4)11-8-6-5-7-10(11)3/h5-9,12-13H,1-4H3,(H2,15,16). The number of hydrogen-bond acceptors (Lipinski definition) is 3.